The van der Waals surface area contributed by atoms with Crippen LogP contribution in [0.5, 0.6) is 0 Å². The number of aryl methyl sites for hydroxylation is 1. The molecule has 8 heteroatoms. The second-order valence-electron chi connectivity index (χ2n) is 5.65. The van der Waals surface area contributed by atoms with Gasteiger partial charge in [0.15, 0.2) is 11.0 Å². The third-order valence-corrected chi connectivity index (χ3v) is 4.61. The van der Waals surface area contributed by atoms with Gasteiger partial charge in [-0.1, -0.05) is 42.1 Å². The summed E-state index contributed by atoms with van der Waals surface area (Å²) < 4.78 is 1.94. The first-order valence-electron chi connectivity index (χ1n) is 8.10. The normalized spacial score (nSPS) is 10.5. The molecule has 4 N–H and O–H groups in total. The number of nitrogens with one attached hydrogen (secondary N) is 2. The SMILES string of the molecule is Cc1cccc(NCc2nnc(SCC(=O)NN)n2-c2ccccc2)c1. The fraction of sp³-hybridized carbons (Fsp3) is 0.167. The number of carbonyl (C=O) groups is 1. The molecule has 1 aromatic heterocycles. The van der Waals surface area contributed by atoms with Crippen molar-refractivity contribution in [1.29, 1.82) is 0 Å². The minimum absolute atomic E-state index is 0.173. The highest BCUT2D eigenvalue weighted by Crippen LogP contribution is 2.22. The zero-order chi connectivity index (χ0) is 18.4. The summed E-state index contributed by atoms with van der Waals surface area (Å²) >= 11 is 1.29. The van der Waals surface area contributed by atoms with Crippen LogP contribution in [0.4, 0.5) is 5.69 Å². The molecule has 0 saturated carbocycles. The van der Waals surface area contributed by atoms with Crippen LogP contribution < -0.4 is 16.6 Å². The van der Waals surface area contributed by atoms with Gasteiger partial charge in [0.2, 0.25) is 5.91 Å². The smallest absolute Gasteiger partial charge is 0.244 e. The quantitative estimate of drug-likeness (QED) is 0.256. The van der Waals surface area contributed by atoms with E-state index in [9.17, 15) is 4.79 Å². The molecule has 3 rings (SSSR count). The van der Waals surface area contributed by atoms with Crippen LogP contribution in [0.15, 0.2) is 59.8 Å². The maximum Gasteiger partial charge on any atom is 0.244 e. The van der Waals surface area contributed by atoms with Crippen molar-refractivity contribution >= 4 is 23.4 Å². The molecule has 0 radical (unpaired) electrons. The van der Waals surface area contributed by atoms with Gasteiger partial charge in [-0.15, -0.1) is 10.2 Å². The third-order valence-electron chi connectivity index (χ3n) is 3.68. The monoisotopic (exact) mass is 368 g/mol. The molecule has 0 bridgehead atoms. The van der Waals surface area contributed by atoms with Crippen LogP contribution in [0, 0.1) is 6.92 Å². The van der Waals surface area contributed by atoms with Gasteiger partial charge in [0.1, 0.15) is 0 Å². The first kappa shape index (κ1) is 18.0. The Labute approximate surface area is 156 Å². The van der Waals surface area contributed by atoms with Crippen molar-refractivity contribution in [3.05, 3.63) is 66.0 Å². The standard InChI is InChI=1S/C18H20N6OS/c1-13-6-5-7-14(10-13)20-11-16-22-23-18(26-12-17(25)21-19)24(16)15-8-3-2-4-9-15/h2-10,20H,11-12,19H2,1H3,(H,21,25). The lowest BCUT2D eigenvalue weighted by molar-refractivity contribution is -0.118. The predicted octanol–water partition coefficient (Wildman–Crippen LogP) is 2.27. The van der Waals surface area contributed by atoms with E-state index in [1.54, 1.807) is 0 Å². The Morgan fingerprint density at radius 2 is 1.96 bits per heavy atom. The number of hydrogen-bond donors (Lipinski definition) is 3. The van der Waals surface area contributed by atoms with Crippen LogP contribution in [0.2, 0.25) is 0 Å². The molecule has 0 spiro atoms. The summed E-state index contributed by atoms with van der Waals surface area (Å²) in [4.78, 5) is 11.5. The lowest BCUT2D eigenvalue weighted by atomic mass is 10.2. The number of aromatic nitrogens is 3. The summed E-state index contributed by atoms with van der Waals surface area (Å²) in [7, 11) is 0. The molecular formula is C18H20N6OS. The van der Waals surface area contributed by atoms with Crippen molar-refractivity contribution in [2.24, 2.45) is 5.84 Å². The first-order valence-corrected chi connectivity index (χ1v) is 9.08. The Bertz CT molecular complexity index is 880. The molecule has 1 amide bonds. The van der Waals surface area contributed by atoms with E-state index in [4.69, 9.17) is 5.84 Å². The number of nitrogens with two attached hydrogens (primary N) is 1. The van der Waals surface area contributed by atoms with E-state index in [2.05, 4.69) is 40.0 Å². The minimum atomic E-state index is -0.267. The Balaban J connectivity index is 1.84. The van der Waals surface area contributed by atoms with Crippen LogP contribution >= 0.6 is 11.8 Å². The van der Waals surface area contributed by atoms with Gasteiger partial charge < -0.3 is 5.32 Å². The molecule has 0 aliphatic heterocycles. The van der Waals surface area contributed by atoms with Crippen molar-refractivity contribution < 1.29 is 4.79 Å². The second-order valence-corrected chi connectivity index (χ2v) is 6.59. The molecule has 7 nitrogen and oxygen atoms in total. The Hall–Kier alpha value is -2.84. The average molecular weight is 368 g/mol. The Kier molecular flexibility index (Phi) is 5.88. The predicted molar refractivity (Wildman–Crippen MR) is 103 cm³/mol. The number of nitrogens with zero attached hydrogens (tertiary/aromatic N) is 3. The zero-order valence-electron chi connectivity index (χ0n) is 14.3. The number of anilines is 1. The summed E-state index contributed by atoms with van der Waals surface area (Å²) in [5.41, 5.74) is 5.26. The number of benzene rings is 2. The number of para-hydroxylation sites is 1. The molecule has 134 valence electrons. The lowest BCUT2D eigenvalue weighted by Crippen LogP contribution is -2.31. The summed E-state index contributed by atoms with van der Waals surface area (Å²) in [6, 6.07) is 18.0. The average Bonchev–Trinajstić information content (AvgIpc) is 3.08. The molecule has 0 saturated heterocycles. The van der Waals surface area contributed by atoms with Gasteiger partial charge in [0.05, 0.1) is 12.3 Å². The second kappa shape index (κ2) is 8.50. The largest absolute Gasteiger partial charge is 0.378 e. The Morgan fingerprint density at radius 1 is 1.15 bits per heavy atom. The maximum absolute atomic E-state index is 11.5. The molecule has 0 aliphatic carbocycles. The number of rotatable bonds is 7. The van der Waals surface area contributed by atoms with Crippen LogP contribution in [-0.4, -0.2) is 26.4 Å². The first-order chi connectivity index (χ1) is 12.7. The molecule has 2 aromatic carbocycles. The fourth-order valence-corrected chi connectivity index (χ4v) is 3.23. The molecule has 0 aliphatic rings. The van der Waals surface area contributed by atoms with Crippen molar-refractivity contribution in [3.8, 4) is 5.69 Å². The molecule has 3 aromatic rings. The van der Waals surface area contributed by atoms with Gasteiger partial charge in [-0.2, -0.15) is 0 Å². The zero-order valence-corrected chi connectivity index (χ0v) is 15.2. The number of hydrazine groups is 1. The van der Waals surface area contributed by atoms with Gasteiger partial charge in [-0.25, -0.2) is 5.84 Å². The summed E-state index contributed by atoms with van der Waals surface area (Å²) in [5.74, 6) is 5.81. The fourth-order valence-electron chi connectivity index (χ4n) is 2.45. The van der Waals surface area contributed by atoms with E-state index in [0.717, 1.165) is 17.2 Å². The van der Waals surface area contributed by atoms with E-state index >= 15 is 0 Å². The molecule has 0 atom stereocenters. The third kappa shape index (κ3) is 4.41. The van der Waals surface area contributed by atoms with Gasteiger partial charge in [-0.3, -0.25) is 14.8 Å². The molecule has 26 heavy (non-hydrogen) atoms. The van der Waals surface area contributed by atoms with E-state index in [0.29, 0.717) is 11.7 Å². The number of thioether (sulfide) groups is 1. The van der Waals surface area contributed by atoms with Gasteiger partial charge in [0.25, 0.3) is 0 Å². The number of amides is 1. The summed E-state index contributed by atoms with van der Waals surface area (Å²) in [5, 5.41) is 12.6. The van der Waals surface area contributed by atoms with E-state index in [1.165, 1.54) is 17.3 Å². The minimum Gasteiger partial charge on any atom is -0.378 e. The van der Waals surface area contributed by atoms with Crippen LogP contribution in [-0.2, 0) is 11.3 Å². The van der Waals surface area contributed by atoms with Crippen molar-refractivity contribution in [2.45, 2.75) is 18.6 Å². The summed E-state index contributed by atoms with van der Waals surface area (Å²) in [6.07, 6.45) is 0. The van der Waals surface area contributed by atoms with Gasteiger partial charge >= 0.3 is 0 Å². The van der Waals surface area contributed by atoms with Gasteiger partial charge in [-0.05, 0) is 36.8 Å². The number of carbonyl (C=O) groups excluding carboxylic acids is 1. The van der Waals surface area contributed by atoms with Crippen molar-refractivity contribution in [3.63, 3.8) is 0 Å². The number of hydrogen-bond acceptors (Lipinski definition) is 6. The molecule has 1 heterocycles. The highest BCUT2D eigenvalue weighted by atomic mass is 32.2. The highest BCUT2D eigenvalue weighted by molar-refractivity contribution is 7.99. The Morgan fingerprint density at radius 3 is 2.69 bits per heavy atom. The van der Waals surface area contributed by atoms with Gasteiger partial charge in [0, 0.05) is 11.4 Å². The molecular weight excluding hydrogens is 348 g/mol. The summed E-state index contributed by atoms with van der Waals surface area (Å²) in [6.45, 7) is 2.56. The van der Waals surface area contributed by atoms with E-state index in [1.807, 2.05) is 47.0 Å². The topological polar surface area (TPSA) is 97.9 Å². The van der Waals surface area contributed by atoms with Crippen LogP contribution in [0.3, 0.4) is 0 Å². The van der Waals surface area contributed by atoms with Crippen molar-refractivity contribution in [2.75, 3.05) is 11.1 Å². The highest BCUT2D eigenvalue weighted by Gasteiger charge is 2.15. The maximum atomic E-state index is 11.5. The van der Waals surface area contributed by atoms with Crippen LogP contribution in [0.25, 0.3) is 5.69 Å². The molecule has 0 fully saturated rings. The van der Waals surface area contributed by atoms with E-state index < -0.39 is 0 Å². The lowest BCUT2D eigenvalue weighted by Gasteiger charge is -2.11. The van der Waals surface area contributed by atoms with Crippen LogP contribution in [0.1, 0.15) is 11.4 Å². The van der Waals surface area contributed by atoms with Crippen molar-refractivity contribution in [1.82, 2.24) is 20.2 Å². The molecule has 0 unspecified atom stereocenters. The van der Waals surface area contributed by atoms with E-state index in [-0.39, 0.29) is 11.7 Å².